The van der Waals surface area contributed by atoms with Gasteiger partial charge in [0.25, 0.3) is 0 Å². The van der Waals surface area contributed by atoms with Crippen molar-refractivity contribution < 1.29 is 5.11 Å². The minimum Gasteiger partial charge on any atom is -0.387 e. The molecule has 1 aromatic carbocycles. The molecule has 0 aliphatic rings. The predicted molar refractivity (Wildman–Crippen MR) is 70.3 cm³/mol. The predicted octanol–water partition coefficient (Wildman–Crippen LogP) is 2.61. The summed E-state index contributed by atoms with van der Waals surface area (Å²) in [6.45, 7) is 0. The van der Waals surface area contributed by atoms with Gasteiger partial charge in [0, 0.05) is 6.42 Å². The molecule has 0 saturated carbocycles. The summed E-state index contributed by atoms with van der Waals surface area (Å²) in [5.74, 6) is 0. The number of hydrogen-bond donors (Lipinski definition) is 1. The summed E-state index contributed by atoms with van der Waals surface area (Å²) in [5.41, 5.74) is 3.00. The Balaban J connectivity index is 1.92. The highest BCUT2D eigenvalue weighted by Gasteiger charge is 2.11. The molecule has 0 spiro atoms. The van der Waals surface area contributed by atoms with Crippen LogP contribution in [0.1, 0.15) is 17.4 Å². The van der Waals surface area contributed by atoms with Gasteiger partial charge in [0.15, 0.2) is 0 Å². The van der Waals surface area contributed by atoms with Crippen LogP contribution in [-0.4, -0.2) is 14.5 Å². The molecule has 0 aliphatic heterocycles. The molecule has 3 heteroatoms. The van der Waals surface area contributed by atoms with Crippen LogP contribution in [0, 0.1) is 0 Å². The van der Waals surface area contributed by atoms with E-state index in [9.17, 15) is 5.11 Å². The number of aliphatic hydroxyl groups is 1. The van der Waals surface area contributed by atoms with E-state index in [2.05, 4.69) is 4.98 Å². The van der Waals surface area contributed by atoms with E-state index in [1.165, 1.54) is 0 Å². The van der Waals surface area contributed by atoms with Gasteiger partial charge in [-0.05, 0) is 17.7 Å². The molecule has 2 aromatic heterocycles. The maximum absolute atomic E-state index is 10.3. The SMILES string of the molecule is OC(Cc1ccccc1)c1cccc2cncn12. The molecular formula is C15H14N2O. The molecule has 0 amide bonds. The van der Waals surface area contributed by atoms with Crippen molar-refractivity contribution in [2.45, 2.75) is 12.5 Å². The molecule has 0 saturated heterocycles. The Hall–Kier alpha value is -2.13. The summed E-state index contributed by atoms with van der Waals surface area (Å²) < 4.78 is 1.92. The molecule has 1 atom stereocenters. The van der Waals surface area contributed by atoms with Gasteiger partial charge in [-0.25, -0.2) is 4.98 Å². The second kappa shape index (κ2) is 4.63. The van der Waals surface area contributed by atoms with Crippen molar-refractivity contribution in [2.75, 3.05) is 0 Å². The molecule has 0 bridgehead atoms. The van der Waals surface area contributed by atoms with E-state index in [4.69, 9.17) is 0 Å². The molecular weight excluding hydrogens is 224 g/mol. The number of imidazole rings is 1. The van der Waals surface area contributed by atoms with Crippen molar-refractivity contribution in [3.05, 3.63) is 72.3 Å². The average molecular weight is 238 g/mol. The summed E-state index contributed by atoms with van der Waals surface area (Å²) in [4.78, 5) is 4.10. The van der Waals surface area contributed by atoms with Crippen LogP contribution in [0.25, 0.3) is 5.52 Å². The van der Waals surface area contributed by atoms with Crippen LogP contribution >= 0.6 is 0 Å². The fourth-order valence-electron chi connectivity index (χ4n) is 2.18. The molecule has 2 heterocycles. The molecule has 3 nitrogen and oxygen atoms in total. The van der Waals surface area contributed by atoms with Crippen LogP contribution in [0.4, 0.5) is 0 Å². The van der Waals surface area contributed by atoms with Gasteiger partial charge in [-0.2, -0.15) is 0 Å². The van der Waals surface area contributed by atoms with Crippen LogP contribution in [-0.2, 0) is 6.42 Å². The number of fused-ring (bicyclic) bond motifs is 1. The van der Waals surface area contributed by atoms with Crippen molar-refractivity contribution in [1.82, 2.24) is 9.38 Å². The number of pyridine rings is 1. The maximum Gasteiger partial charge on any atom is 0.0995 e. The molecule has 90 valence electrons. The molecule has 3 aromatic rings. The second-order valence-corrected chi connectivity index (χ2v) is 4.34. The highest BCUT2D eigenvalue weighted by atomic mass is 16.3. The van der Waals surface area contributed by atoms with Gasteiger partial charge in [-0.15, -0.1) is 0 Å². The van der Waals surface area contributed by atoms with Gasteiger partial charge in [0.2, 0.25) is 0 Å². The summed E-state index contributed by atoms with van der Waals surface area (Å²) in [7, 11) is 0. The zero-order chi connectivity index (χ0) is 12.4. The van der Waals surface area contributed by atoms with E-state index in [-0.39, 0.29) is 0 Å². The third-order valence-electron chi connectivity index (χ3n) is 3.09. The molecule has 1 unspecified atom stereocenters. The largest absolute Gasteiger partial charge is 0.387 e. The first-order valence-electron chi connectivity index (χ1n) is 5.97. The molecule has 0 fully saturated rings. The fraction of sp³-hybridized carbons (Fsp3) is 0.133. The highest BCUT2D eigenvalue weighted by Crippen LogP contribution is 2.19. The third-order valence-corrected chi connectivity index (χ3v) is 3.09. The molecule has 1 N–H and O–H groups in total. The Bertz CT molecular complexity index is 646. The zero-order valence-corrected chi connectivity index (χ0v) is 9.90. The van der Waals surface area contributed by atoms with E-state index < -0.39 is 6.10 Å². The Kier molecular flexibility index (Phi) is 2.82. The van der Waals surface area contributed by atoms with Crippen molar-refractivity contribution in [1.29, 1.82) is 0 Å². The van der Waals surface area contributed by atoms with Crippen molar-refractivity contribution in [3.63, 3.8) is 0 Å². The van der Waals surface area contributed by atoms with E-state index >= 15 is 0 Å². The van der Waals surface area contributed by atoms with Crippen molar-refractivity contribution >= 4 is 5.52 Å². The van der Waals surface area contributed by atoms with Crippen molar-refractivity contribution in [2.24, 2.45) is 0 Å². The normalized spacial score (nSPS) is 12.7. The zero-order valence-electron chi connectivity index (χ0n) is 9.90. The monoisotopic (exact) mass is 238 g/mol. The molecule has 0 aliphatic carbocycles. The fourth-order valence-corrected chi connectivity index (χ4v) is 2.18. The standard InChI is InChI=1S/C15H14N2O/c18-15(9-12-5-2-1-3-6-12)14-8-4-7-13-10-16-11-17(13)14/h1-8,10-11,15,18H,9H2. The number of nitrogens with zero attached hydrogens (tertiary/aromatic N) is 2. The Labute approximate surface area is 105 Å². The smallest absolute Gasteiger partial charge is 0.0995 e. The first kappa shape index (κ1) is 11.0. The number of aliphatic hydroxyl groups excluding tert-OH is 1. The Morgan fingerprint density at radius 2 is 1.89 bits per heavy atom. The first-order chi connectivity index (χ1) is 8.84. The van der Waals surface area contributed by atoms with Gasteiger partial charge < -0.3 is 9.51 Å². The lowest BCUT2D eigenvalue weighted by Gasteiger charge is -2.13. The summed E-state index contributed by atoms with van der Waals surface area (Å²) in [6, 6.07) is 15.9. The Morgan fingerprint density at radius 1 is 1.06 bits per heavy atom. The quantitative estimate of drug-likeness (QED) is 0.761. The first-order valence-corrected chi connectivity index (χ1v) is 5.97. The van der Waals surface area contributed by atoms with Crippen LogP contribution in [0.3, 0.4) is 0 Å². The summed E-state index contributed by atoms with van der Waals surface area (Å²) in [5, 5.41) is 10.3. The number of hydrogen-bond acceptors (Lipinski definition) is 2. The van der Waals surface area contributed by atoms with Gasteiger partial charge in [-0.3, -0.25) is 0 Å². The summed E-state index contributed by atoms with van der Waals surface area (Å²) in [6.07, 6.45) is 3.61. The van der Waals surface area contributed by atoms with E-state index in [0.717, 1.165) is 16.8 Å². The maximum atomic E-state index is 10.3. The highest BCUT2D eigenvalue weighted by molar-refractivity contribution is 5.46. The number of rotatable bonds is 3. The minimum absolute atomic E-state index is 0.523. The Morgan fingerprint density at radius 3 is 2.72 bits per heavy atom. The third kappa shape index (κ3) is 2.00. The molecule has 18 heavy (non-hydrogen) atoms. The lowest BCUT2D eigenvalue weighted by Crippen LogP contribution is -2.06. The lowest BCUT2D eigenvalue weighted by atomic mass is 10.1. The number of aromatic nitrogens is 2. The molecule has 3 rings (SSSR count). The van der Waals surface area contributed by atoms with Crippen LogP contribution in [0.15, 0.2) is 61.1 Å². The van der Waals surface area contributed by atoms with Crippen LogP contribution in [0.5, 0.6) is 0 Å². The van der Waals surface area contributed by atoms with E-state index in [1.54, 1.807) is 12.5 Å². The average Bonchev–Trinajstić information content (AvgIpc) is 2.87. The van der Waals surface area contributed by atoms with Gasteiger partial charge in [-0.1, -0.05) is 36.4 Å². The van der Waals surface area contributed by atoms with E-state index in [0.29, 0.717) is 6.42 Å². The second-order valence-electron chi connectivity index (χ2n) is 4.34. The van der Waals surface area contributed by atoms with Crippen LogP contribution < -0.4 is 0 Å². The van der Waals surface area contributed by atoms with Crippen molar-refractivity contribution in [3.8, 4) is 0 Å². The topological polar surface area (TPSA) is 37.5 Å². The lowest BCUT2D eigenvalue weighted by molar-refractivity contribution is 0.172. The minimum atomic E-state index is -0.523. The van der Waals surface area contributed by atoms with Gasteiger partial charge in [0.1, 0.15) is 0 Å². The van der Waals surface area contributed by atoms with E-state index in [1.807, 2.05) is 52.9 Å². The van der Waals surface area contributed by atoms with Gasteiger partial charge >= 0.3 is 0 Å². The van der Waals surface area contributed by atoms with Crippen LogP contribution in [0.2, 0.25) is 0 Å². The summed E-state index contributed by atoms with van der Waals surface area (Å²) >= 11 is 0. The number of benzene rings is 1. The molecule has 0 radical (unpaired) electrons. The van der Waals surface area contributed by atoms with Gasteiger partial charge in [0.05, 0.1) is 29.8 Å².